The van der Waals surface area contributed by atoms with Gasteiger partial charge in [0.1, 0.15) is 5.01 Å². The normalized spacial score (nSPS) is 37.1. The monoisotopic (exact) mass is 290 g/mol. The maximum absolute atomic E-state index is 5.11. The van der Waals surface area contributed by atoms with E-state index in [0.29, 0.717) is 5.92 Å². The zero-order valence-corrected chi connectivity index (χ0v) is 13.6. The van der Waals surface area contributed by atoms with Gasteiger partial charge in [0, 0.05) is 10.9 Å². The zero-order chi connectivity index (χ0) is 13.7. The number of aromatic nitrogens is 1. The van der Waals surface area contributed by atoms with Crippen molar-refractivity contribution in [3.63, 3.8) is 0 Å². The standard InChI is InChI=1S/C17H26N2S/c1-11-5-4-10-17(12(11)2,19-13-8-9-13)16-18-14-6-3-7-15(14)20-16/h11-13,19H,3-10H2,1-2H3. The fraction of sp³-hybridized carbons (Fsp3) is 0.824. The van der Waals surface area contributed by atoms with Crippen molar-refractivity contribution in [2.24, 2.45) is 11.8 Å². The molecule has 1 aromatic heterocycles. The summed E-state index contributed by atoms with van der Waals surface area (Å²) in [6.07, 6.45) is 10.6. The van der Waals surface area contributed by atoms with Gasteiger partial charge in [-0.15, -0.1) is 11.3 Å². The van der Waals surface area contributed by atoms with Crippen LogP contribution in [0.5, 0.6) is 0 Å². The molecule has 0 aliphatic heterocycles. The lowest BCUT2D eigenvalue weighted by molar-refractivity contribution is 0.101. The summed E-state index contributed by atoms with van der Waals surface area (Å²) in [6, 6.07) is 0.765. The number of rotatable bonds is 3. The third kappa shape index (κ3) is 2.05. The number of thiazole rings is 1. The largest absolute Gasteiger partial charge is 0.302 e. The minimum absolute atomic E-state index is 0.188. The van der Waals surface area contributed by atoms with E-state index >= 15 is 0 Å². The average Bonchev–Trinajstić information content (AvgIpc) is 2.97. The van der Waals surface area contributed by atoms with Crippen molar-refractivity contribution in [1.29, 1.82) is 0 Å². The SMILES string of the molecule is CC1CCCC(NC2CC2)(c2nc3c(s2)CCC3)C1C. The van der Waals surface area contributed by atoms with Gasteiger partial charge in [0.05, 0.1) is 11.2 Å². The van der Waals surface area contributed by atoms with Gasteiger partial charge in [-0.25, -0.2) is 4.98 Å². The first-order chi connectivity index (χ1) is 9.69. The lowest BCUT2D eigenvalue weighted by Crippen LogP contribution is -2.52. The molecule has 0 aromatic carbocycles. The Morgan fingerprint density at radius 1 is 1.15 bits per heavy atom. The molecule has 1 heterocycles. The van der Waals surface area contributed by atoms with Gasteiger partial charge in [0.2, 0.25) is 0 Å². The van der Waals surface area contributed by atoms with Crippen LogP contribution in [0.15, 0.2) is 0 Å². The second-order valence-corrected chi connectivity index (χ2v) is 8.37. The van der Waals surface area contributed by atoms with Gasteiger partial charge < -0.3 is 5.32 Å². The quantitative estimate of drug-likeness (QED) is 0.909. The minimum Gasteiger partial charge on any atom is -0.302 e. The van der Waals surface area contributed by atoms with Crippen LogP contribution in [0.25, 0.3) is 0 Å². The Balaban J connectivity index is 1.72. The predicted molar refractivity (Wildman–Crippen MR) is 84.2 cm³/mol. The number of hydrogen-bond donors (Lipinski definition) is 1. The Labute approximate surface area is 126 Å². The van der Waals surface area contributed by atoms with E-state index in [9.17, 15) is 0 Å². The van der Waals surface area contributed by atoms with Crippen molar-refractivity contribution in [3.8, 4) is 0 Å². The summed E-state index contributed by atoms with van der Waals surface area (Å²) in [7, 11) is 0. The summed E-state index contributed by atoms with van der Waals surface area (Å²) in [5.41, 5.74) is 1.61. The molecule has 0 amide bonds. The number of fused-ring (bicyclic) bond motifs is 1. The molecular formula is C17H26N2S. The Bertz CT molecular complexity index is 484. The number of nitrogens with zero attached hydrogens (tertiary/aromatic N) is 1. The summed E-state index contributed by atoms with van der Waals surface area (Å²) in [5.74, 6) is 1.52. The Morgan fingerprint density at radius 2 is 2.00 bits per heavy atom. The molecule has 3 aliphatic rings. The van der Waals surface area contributed by atoms with Crippen molar-refractivity contribution in [1.82, 2.24) is 10.3 Å². The van der Waals surface area contributed by atoms with Crippen LogP contribution in [0, 0.1) is 11.8 Å². The molecule has 1 aromatic rings. The Kier molecular flexibility index (Phi) is 3.19. The van der Waals surface area contributed by atoms with E-state index in [2.05, 4.69) is 19.2 Å². The van der Waals surface area contributed by atoms with E-state index in [0.717, 1.165) is 12.0 Å². The van der Waals surface area contributed by atoms with Crippen LogP contribution in [0.3, 0.4) is 0 Å². The fourth-order valence-corrected chi connectivity index (χ4v) is 5.64. The van der Waals surface area contributed by atoms with Gasteiger partial charge in [-0.3, -0.25) is 0 Å². The lowest BCUT2D eigenvalue weighted by atomic mass is 9.68. The predicted octanol–water partition coefficient (Wildman–Crippen LogP) is 4.04. The van der Waals surface area contributed by atoms with E-state index in [1.54, 1.807) is 4.88 Å². The third-order valence-corrected chi connectivity index (χ3v) is 7.21. The average molecular weight is 290 g/mol. The maximum Gasteiger partial charge on any atom is 0.114 e. The highest BCUT2D eigenvalue weighted by Gasteiger charge is 2.48. The molecule has 110 valence electrons. The van der Waals surface area contributed by atoms with Gasteiger partial charge in [-0.1, -0.05) is 26.7 Å². The van der Waals surface area contributed by atoms with Crippen molar-refractivity contribution < 1.29 is 0 Å². The first-order valence-corrected chi connectivity index (χ1v) is 9.27. The second-order valence-electron chi connectivity index (χ2n) is 7.29. The van der Waals surface area contributed by atoms with Gasteiger partial charge in [-0.2, -0.15) is 0 Å². The molecule has 0 spiro atoms. The van der Waals surface area contributed by atoms with Crippen LogP contribution >= 0.6 is 11.3 Å². The van der Waals surface area contributed by atoms with Crippen LogP contribution in [0.4, 0.5) is 0 Å². The minimum atomic E-state index is 0.188. The van der Waals surface area contributed by atoms with Crippen molar-refractivity contribution in [2.75, 3.05) is 0 Å². The zero-order valence-electron chi connectivity index (χ0n) is 12.7. The summed E-state index contributed by atoms with van der Waals surface area (Å²) in [6.45, 7) is 4.90. The summed E-state index contributed by atoms with van der Waals surface area (Å²) >= 11 is 2.03. The molecule has 20 heavy (non-hydrogen) atoms. The van der Waals surface area contributed by atoms with E-state index in [1.807, 2.05) is 11.3 Å². The molecule has 0 radical (unpaired) electrons. The first-order valence-electron chi connectivity index (χ1n) is 8.46. The maximum atomic E-state index is 5.11. The number of hydrogen-bond acceptors (Lipinski definition) is 3. The molecular weight excluding hydrogens is 264 g/mol. The Morgan fingerprint density at radius 3 is 2.75 bits per heavy atom. The van der Waals surface area contributed by atoms with Crippen LogP contribution in [0.2, 0.25) is 0 Å². The Hall–Kier alpha value is -0.410. The molecule has 3 atom stereocenters. The highest BCUT2D eigenvalue weighted by Crippen LogP contribution is 2.48. The molecule has 3 heteroatoms. The van der Waals surface area contributed by atoms with Crippen LogP contribution in [-0.4, -0.2) is 11.0 Å². The van der Waals surface area contributed by atoms with Crippen molar-refractivity contribution in [2.45, 2.75) is 76.8 Å². The van der Waals surface area contributed by atoms with Gasteiger partial charge in [0.15, 0.2) is 0 Å². The third-order valence-electron chi connectivity index (χ3n) is 5.88. The molecule has 2 nitrogen and oxygen atoms in total. The molecule has 1 N–H and O–H groups in total. The number of nitrogens with one attached hydrogen (secondary N) is 1. The fourth-order valence-electron chi connectivity index (χ4n) is 4.21. The van der Waals surface area contributed by atoms with Crippen LogP contribution in [0.1, 0.15) is 68.0 Å². The second kappa shape index (κ2) is 4.81. The number of aryl methyl sites for hydroxylation is 2. The van der Waals surface area contributed by atoms with E-state index < -0.39 is 0 Å². The van der Waals surface area contributed by atoms with Gasteiger partial charge in [-0.05, 0) is 50.4 Å². The van der Waals surface area contributed by atoms with E-state index in [1.165, 1.54) is 62.1 Å². The highest BCUT2D eigenvalue weighted by molar-refractivity contribution is 7.12. The molecule has 3 unspecified atom stereocenters. The molecule has 2 fully saturated rings. The molecule has 3 aliphatic carbocycles. The topological polar surface area (TPSA) is 24.9 Å². The van der Waals surface area contributed by atoms with E-state index in [4.69, 9.17) is 4.98 Å². The van der Waals surface area contributed by atoms with Gasteiger partial charge >= 0.3 is 0 Å². The summed E-state index contributed by atoms with van der Waals surface area (Å²) < 4.78 is 0. The first kappa shape index (κ1) is 13.3. The lowest BCUT2D eigenvalue weighted by Gasteiger charge is -2.45. The van der Waals surface area contributed by atoms with Crippen LogP contribution in [-0.2, 0) is 18.4 Å². The smallest absolute Gasteiger partial charge is 0.114 e. The van der Waals surface area contributed by atoms with Crippen LogP contribution < -0.4 is 5.32 Å². The summed E-state index contributed by atoms with van der Waals surface area (Å²) in [5, 5.41) is 5.46. The van der Waals surface area contributed by atoms with E-state index in [-0.39, 0.29) is 5.54 Å². The summed E-state index contributed by atoms with van der Waals surface area (Å²) in [4.78, 5) is 6.69. The highest BCUT2D eigenvalue weighted by atomic mass is 32.1. The molecule has 0 saturated heterocycles. The van der Waals surface area contributed by atoms with Gasteiger partial charge in [0.25, 0.3) is 0 Å². The van der Waals surface area contributed by atoms with Crippen molar-refractivity contribution >= 4 is 11.3 Å². The molecule has 2 saturated carbocycles. The molecule has 4 rings (SSSR count). The molecule has 0 bridgehead atoms. The van der Waals surface area contributed by atoms with Crippen molar-refractivity contribution in [3.05, 3.63) is 15.6 Å².